The van der Waals surface area contributed by atoms with E-state index in [2.05, 4.69) is 33.2 Å². The Balaban J connectivity index is 3.21. The molecule has 14 heavy (non-hydrogen) atoms. The second-order valence-electron chi connectivity index (χ2n) is 3.32. The van der Waals surface area contributed by atoms with Crippen molar-refractivity contribution < 1.29 is 0 Å². The van der Waals surface area contributed by atoms with Crippen molar-refractivity contribution >= 4 is 5.71 Å². The molecule has 0 saturated carbocycles. The molecule has 0 aliphatic rings. The third-order valence-corrected chi connectivity index (χ3v) is 1.96. The maximum atomic E-state index is 4.22. The number of hydrogen-bond donors (Lipinski definition) is 0. The molecule has 0 aliphatic carbocycles. The lowest BCUT2D eigenvalue weighted by Crippen LogP contribution is -2.24. The van der Waals surface area contributed by atoms with E-state index in [1.165, 1.54) is 0 Å². The smallest absolute Gasteiger partial charge is 0.229 e. The van der Waals surface area contributed by atoms with E-state index in [0.717, 1.165) is 24.4 Å². The van der Waals surface area contributed by atoms with E-state index in [1.807, 2.05) is 26.2 Å². The molecular weight excluding hydrogens is 176 g/mol. The number of hydrogen-bond acceptors (Lipinski definition) is 2. The van der Waals surface area contributed by atoms with E-state index in [0.29, 0.717) is 0 Å². The van der Waals surface area contributed by atoms with E-state index in [9.17, 15) is 0 Å². The summed E-state index contributed by atoms with van der Waals surface area (Å²) in [5.41, 5.74) is 1.88. The summed E-state index contributed by atoms with van der Waals surface area (Å²) in [7, 11) is 0. The summed E-state index contributed by atoms with van der Waals surface area (Å²) >= 11 is 0. The Bertz CT molecular complexity index is 353. The highest BCUT2D eigenvalue weighted by Gasteiger charge is 1.96. The van der Waals surface area contributed by atoms with Gasteiger partial charge in [-0.05, 0) is 27.7 Å². The average Bonchev–Trinajstić information content (AvgIpc) is 2.56. The molecule has 0 radical (unpaired) electrons. The van der Waals surface area contributed by atoms with Gasteiger partial charge in [0.15, 0.2) is 0 Å². The SMILES string of the molecule is CCn1ccn(CC)c1=NN=C(C)C. The van der Waals surface area contributed by atoms with Crippen molar-refractivity contribution in [2.45, 2.75) is 40.8 Å². The molecule has 1 aromatic heterocycles. The topological polar surface area (TPSA) is 34.6 Å². The number of aryl methyl sites for hydroxylation is 2. The number of imidazole rings is 1. The molecule has 0 bridgehead atoms. The van der Waals surface area contributed by atoms with Crippen LogP contribution >= 0.6 is 0 Å². The minimum Gasteiger partial charge on any atom is -0.316 e. The fourth-order valence-corrected chi connectivity index (χ4v) is 1.21. The van der Waals surface area contributed by atoms with Gasteiger partial charge in [0.2, 0.25) is 5.62 Å². The largest absolute Gasteiger partial charge is 0.316 e. The molecule has 4 heteroatoms. The Morgan fingerprint density at radius 2 is 1.64 bits per heavy atom. The van der Waals surface area contributed by atoms with Gasteiger partial charge >= 0.3 is 0 Å². The lowest BCUT2D eigenvalue weighted by molar-refractivity contribution is 0.626. The summed E-state index contributed by atoms with van der Waals surface area (Å²) in [6.45, 7) is 9.93. The maximum absolute atomic E-state index is 4.22. The van der Waals surface area contributed by atoms with Crippen molar-refractivity contribution in [2.75, 3.05) is 0 Å². The number of rotatable bonds is 3. The zero-order chi connectivity index (χ0) is 10.6. The summed E-state index contributed by atoms with van der Waals surface area (Å²) < 4.78 is 4.16. The molecule has 0 amide bonds. The molecule has 1 rings (SSSR count). The van der Waals surface area contributed by atoms with Gasteiger partial charge in [-0.3, -0.25) is 0 Å². The summed E-state index contributed by atoms with van der Waals surface area (Å²) in [4.78, 5) is 0. The van der Waals surface area contributed by atoms with Crippen LogP contribution in [-0.2, 0) is 13.1 Å². The first-order valence-electron chi connectivity index (χ1n) is 4.99. The lowest BCUT2D eigenvalue weighted by Gasteiger charge is -1.98. The van der Waals surface area contributed by atoms with E-state index in [4.69, 9.17) is 0 Å². The van der Waals surface area contributed by atoms with Gasteiger partial charge in [0.05, 0.1) is 0 Å². The van der Waals surface area contributed by atoms with Crippen LogP contribution in [0.5, 0.6) is 0 Å². The van der Waals surface area contributed by atoms with Crippen LogP contribution in [0.15, 0.2) is 22.6 Å². The third kappa shape index (κ3) is 2.34. The monoisotopic (exact) mass is 194 g/mol. The molecule has 4 nitrogen and oxygen atoms in total. The fraction of sp³-hybridized carbons (Fsp3) is 0.600. The highest BCUT2D eigenvalue weighted by Crippen LogP contribution is 1.86. The van der Waals surface area contributed by atoms with Crippen molar-refractivity contribution in [2.24, 2.45) is 10.2 Å². The minimum atomic E-state index is 0.913. The second-order valence-corrected chi connectivity index (χ2v) is 3.32. The summed E-state index contributed by atoms with van der Waals surface area (Å²) in [6, 6.07) is 0. The third-order valence-electron chi connectivity index (χ3n) is 1.96. The Morgan fingerprint density at radius 1 is 1.14 bits per heavy atom. The summed E-state index contributed by atoms with van der Waals surface area (Å²) in [6.07, 6.45) is 4.06. The number of aromatic nitrogens is 2. The fourth-order valence-electron chi connectivity index (χ4n) is 1.21. The highest BCUT2D eigenvalue weighted by atomic mass is 15.3. The van der Waals surface area contributed by atoms with Gasteiger partial charge in [-0.25, -0.2) is 0 Å². The normalized spacial score (nSPS) is 10.0. The van der Waals surface area contributed by atoms with Gasteiger partial charge in [0, 0.05) is 31.2 Å². The first-order chi connectivity index (χ1) is 6.69. The molecule has 0 aliphatic heterocycles. The number of nitrogens with zero attached hydrogens (tertiary/aromatic N) is 4. The molecule has 0 N–H and O–H groups in total. The van der Waals surface area contributed by atoms with E-state index < -0.39 is 0 Å². The predicted molar refractivity (Wildman–Crippen MR) is 58.1 cm³/mol. The van der Waals surface area contributed by atoms with Gasteiger partial charge in [-0.1, -0.05) is 0 Å². The first-order valence-corrected chi connectivity index (χ1v) is 4.99. The van der Waals surface area contributed by atoms with Crippen molar-refractivity contribution in [3.63, 3.8) is 0 Å². The van der Waals surface area contributed by atoms with Gasteiger partial charge < -0.3 is 9.13 Å². The molecule has 78 valence electrons. The molecule has 0 unspecified atom stereocenters. The Morgan fingerprint density at radius 3 is 2.00 bits per heavy atom. The van der Waals surface area contributed by atoms with Crippen LogP contribution in [0.3, 0.4) is 0 Å². The van der Waals surface area contributed by atoms with Crippen molar-refractivity contribution in [1.29, 1.82) is 0 Å². The van der Waals surface area contributed by atoms with Crippen LogP contribution in [-0.4, -0.2) is 14.8 Å². The van der Waals surface area contributed by atoms with Crippen LogP contribution in [0.2, 0.25) is 0 Å². The van der Waals surface area contributed by atoms with Crippen LogP contribution < -0.4 is 5.62 Å². The Labute approximate surface area is 84.6 Å². The van der Waals surface area contributed by atoms with Crippen molar-refractivity contribution in [3.8, 4) is 0 Å². The molecule has 1 aromatic rings. The van der Waals surface area contributed by atoms with Gasteiger partial charge in [-0.2, -0.15) is 5.10 Å². The van der Waals surface area contributed by atoms with Crippen molar-refractivity contribution in [3.05, 3.63) is 18.0 Å². The molecular formula is C10H18N4. The van der Waals surface area contributed by atoms with E-state index in [-0.39, 0.29) is 0 Å². The Hall–Kier alpha value is -1.32. The van der Waals surface area contributed by atoms with Crippen LogP contribution in [0.25, 0.3) is 0 Å². The van der Waals surface area contributed by atoms with Crippen LogP contribution in [0, 0.1) is 0 Å². The molecule has 1 heterocycles. The van der Waals surface area contributed by atoms with Crippen LogP contribution in [0.4, 0.5) is 0 Å². The second kappa shape index (κ2) is 4.79. The minimum absolute atomic E-state index is 0.913. The van der Waals surface area contributed by atoms with Gasteiger partial charge in [0.25, 0.3) is 0 Å². The predicted octanol–water partition coefficient (Wildman–Crippen LogP) is 1.63. The zero-order valence-corrected chi connectivity index (χ0v) is 9.36. The van der Waals surface area contributed by atoms with E-state index >= 15 is 0 Å². The molecule has 0 atom stereocenters. The quantitative estimate of drug-likeness (QED) is 0.518. The molecule has 0 spiro atoms. The van der Waals surface area contributed by atoms with Gasteiger partial charge in [0.1, 0.15) is 0 Å². The summed E-state index contributed by atoms with van der Waals surface area (Å²) in [5, 5.41) is 8.31. The standard InChI is InChI=1S/C10H18N4/c1-5-13-7-8-14(6-2)10(13)12-11-9(3)4/h7-8H,5-6H2,1-4H3. The average molecular weight is 194 g/mol. The van der Waals surface area contributed by atoms with Gasteiger partial charge in [-0.15, -0.1) is 5.10 Å². The highest BCUT2D eigenvalue weighted by molar-refractivity contribution is 5.78. The molecule has 0 aromatic carbocycles. The summed E-state index contributed by atoms with van der Waals surface area (Å²) in [5.74, 6) is 0. The molecule has 0 fully saturated rings. The molecule has 0 saturated heterocycles. The van der Waals surface area contributed by atoms with Crippen molar-refractivity contribution in [1.82, 2.24) is 9.13 Å². The lowest BCUT2D eigenvalue weighted by atomic mass is 10.5. The maximum Gasteiger partial charge on any atom is 0.229 e. The zero-order valence-electron chi connectivity index (χ0n) is 9.36. The van der Waals surface area contributed by atoms with Crippen LogP contribution in [0.1, 0.15) is 27.7 Å². The van der Waals surface area contributed by atoms with E-state index in [1.54, 1.807) is 0 Å². The Kier molecular flexibility index (Phi) is 3.68. The first kappa shape index (κ1) is 10.8.